The Labute approximate surface area is 78.5 Å². The van der Waals surface area contributed by atoms with E-state index in [4.69, 9.17) is 4.74 Å². The van der Waals surface area contributed by atoms with E-state index < -0.39 is 0 Å². The highest BCUT2D eigenvalue weighted by molar-refractivity contribution is 5.40. The largest absolute Gasteiger partial charge is 0.496 e. The van der Waals surface area contributed by atoms with E-state index in [-0.39, 0.29) is 0 Å². The van der Waals surface area contributed by atoms with Gasteiger partial charge in [-0.3, -0.25) is 0 Å². The molecule has 2 nitrogen and oxygen atoms in total. The minimum atomic E-state index is 0.421. The quantitative estimate of drug-likeness (QED) is 0.611. The molecule has 1 heterocycles. The molecule has 0 fully saturated rings. The summed E-state index contributed by atoms with van der Waals surface area (Å²) in [7, 11) is 3.87. The topological polar surface area (TPSA) is 13.7 Å². The van der Waals surface area contributed by atoms with Gasteiger partial charge < -0.3 is 9.64 Å². The molecule has 2 rings (SSSR count). The summed E-state index contributed by atoms with van der Waals surface area (Å²) in [5, 5.41) is 0. The molecule has 0 aromatic heterocycles. The number of fused-ring (bicyclic) bond motifs is 1. The van der Waals surface area contributed by atoms with Gasteiger partial charge in [-0.25, -0.2) is 0 Å². The average Bonchev–Trinajstić information content (AvgIpc) is 2.19. The molecule has 2 atom stereocenters. The Morgan fingerprint density at radius 1 is 1.31 bits per heavy atom. The number of ether oxygens (including phenoxy) is 1. The number of methoxy groups -OCH3 is 1. The highest BCUT2D eigenvalue weighted by atomic mass is 16.5. The molecular formula is C11H14NO+. The third kappa shape index (κ3) is 1.33. The summed E-state index contributed by atoms with van der Waals surface area (Å²) in [5.74, 6) is 0.983. The van der Waals surface area contributed by atoms with Gasteiger partial charge in [0.15, 0.2) is 0 Å². The van der Waals surface area contributed by atoms with Crippen LogP contribution in [0.5, 0.6) is 0 Å². The second kappa shape index (κ2) is 3.23. The molecule has 0 saturated heterocycles. The van der Waals surface area contributed by atoms with E-state index in [1.165, 1.54) is 10.5 Å². The first-order chi connectivity index (χ1) is 6.33. The standard InChI is InChI=1S/C11H13NO/c1-12-8-7-11(13-2)9-5-3-4-6-10(9)12/h3-8,10H,1-2H3/p+1. The predicted molar refractivity (Wildman–Crippen MR) is 52.1 cm³/mol. The molecule has 68 valence electrons. The molecule has 0 spiro atoms. The van der Waals surface area contributed by atoms with Gasteiger partial charge in [-0.2, -0.15) is 0 Å². The van der Waals surface area contributed by atoms with Gasteiger partial charge >= 0.3 is 0 Å². The lowest BCUT2D eigenvalue weighted by Gasteiger charge is -2.26. The fraction of sp³-hybridized carbons (Fsp3) is 0.273. The minimum absolute atomic E-state index is 0.421. The van der Waals surface area contributed by atoms with Crippen LogP contribution in [0.3, 0.4) is 0 Å². The summed E-state index contributed by atoms with van der Waals surface area (Å²) in [5.41, 5.74) is 1.27. The van der Waals surface area contributed by atoms with Gasteiger partial charge in [0, 0.05) is 6.08 Å². The van der Waals surface area contributed by atoms with Crippen molar-refractivity contribution < 1.29 is 9.64 Å². The monoisotopic (exact) mass is 176 g/mol. The molecular weight excluding hydrogens is 162 g/mol. The third-order valence-electron chi connectivity index (χ3n) is 2.52. The van der Waals surface area contributed by atoms with Crippen LogP contribution in [0.25, 0.3) is 0 Å². The lowest BCUT2D eigenvalue weighted by molar-refractivity contribution is -0.840. The Balaban J connectivity index is 2.42. The van der Waals surface area contributed by atoms with Crippen molar-refractivity contribution in [2.75, 3.05) is 14.2 Å². The highest BCUT2D eigenvalue weighted by Gasteiger charge is 2.25. The Morgan fingerprint density at radius 3 is 2.92 bits per heavy atom. The molecule has 0 aromatic rings. The van der Waals surface area contributed by atoms with Crippen molar-refractivity contribution in [3.8, 4) is 0 Å². The molecule has 1 aliphatic heterocycles. The normalized spacial score (nSPS) is 30.6. The molecule has 2 aliphatic rings. The Bertz CT molecular complexity index is 323. The van der Waals surface area contributed by atoms with Gasteiger partial charge in [0.05, 0.1) is 25.9 Å². The van der Waals surface area contributed by atoms with Crippen LogP contribution in [0, 0.1) is 0 Å². The van der Waals surface area contributed by atoms with Crippen LogP contribution >= 0.6 is 0 Å². The lowest BCUT2D eigenvalue weighted by atomic mass is 9.97. The van der Waals surface area contributed by atoms with E-state index in [1.807, 2.05) is 6.08 Å². The van der Waals surface area contributed by atoms with Gasteiger partial charge in [0.1, 0.15) is 11.8 Å². The number of quaternary nitrogens is 1. The zero-order valence-electron chi connectivity index (χ0n) is 7.95. The van der Waals surface area contributed by atoms with Gasteiger partial charge in [0.25, 0.3) is 0 Å². The molecule has 1 aliphatic carbocycles. The Morgan fingerprint density at radius 2 is 2.15 bits per heavy atom. The van der Waals surface area contributed by atoms with Gasteiger partial charge in [-0.15, -0.1) is 0 Å². The van der Waals surface area contributed by atoms with E-state index in [0.29, 0.717) is 6.04 Å². The van der Waals surface area contributed by atoms with Gasteiger partial charge in [-0.05, 0) is 12.2 Å². The lowest BCUT2D eigenvalue weighted by Crippen LogP contribution is -3.09. The van der Waals surface area contributed by atoms with E-state index in [2.05, 4.69) is 37.6 Å². The molecule has 1 N–H and O–H groups in total. The van der Waals surface area contributed by atoms with Crippen molar-refractivity contribution in [2.24, 2.45) is 0 Å². The molecule has 2 heteroatoms. The number of hydrogen-bond donors (Lipinski definition) is 1. The molecule has 0 radical (unpaired) electrons. The molecule has 0 amide bonds. The second-order valence-electron chi connectivity index (χ2n) is 3.32. The first-order valence-electron chi connectivity index (χ1n) is 4.47. The Hall–Kier alpha value is -1.28. The fourth-order valence-corrected chi connectivity index (χ4v) is 1.77. The van der Waals surface area contributed by atoms with Crippen molar-refractivity contribution in [1.29, 1.82) is 0 Å². The van der Waals surface area contributed by atoms with Crippen molar-refractivity contribution in [3.63, 3.8) is 0 Å². The Kier molecular flexibility index (Phi) is 2.07. The minimum Gasteiger partial charge on any atom is -0.496 e. The molecule has 13 heavy (non-hydrogen) atoms. The van der Waals surface area contributed by atoms with Crippen LogP contribution in [0.2, 0.25) is 0 Å². The summed E-state index contributed by atoms with van der Waals surface area (Å²) in [6.45, 7) is 0. The van der Waals surface area contributed by atoms with Crippen molar-refractivity contribution in [3.05, 3.63) is 47.9 Å². The van der Waals surface area contributed by atoms with Crippen LogP contribution < -0.4 is 4.90 Å². The summed E-state index contributed by atoms with van der Waals surface area (Å²) in [6, 6.07) is 0.421. The highest BCUT2D eigenvalue weighted by Crippen LogP contribution is 2.18. The maximum Gasteiger partial charge on any atom is 0.140 e. The van der Waals surface area contributed by atoms with Crippen LogP contribution in [0.1, 0.15) is 0 Å². The van der Waals surface area contributed by atoms with E-state index >= 15 is 0 Å². The van der Waals surface area contributed by atoms with Crippen LogP contribution in [-0.2, 0) is 4.74 Å². The van der Waals surface area contributed by atoms with E-state index in [9.17, 15) is 0 Å². The maximum absolute atomic E-state index is 5.30. The molecule has 0 aromatic carbocycles. The van der Waals surface area contributed by atoms with Gasteiger partial charge in [0.2, 0.25) is 0 Å². The van der Waals surface area contributed by atoms with Crippen molar-refractivity contribution >= 4 is 0 Å². The molecule has 0 saturated carbocycles. The molecule has 0 bridgehead atoms. The third-order valence-corrected chi connectivity index (χ3v) is 2.52. The van der Waals surface area contributed by atoms with E-state index in [0.717, 1.165) is 5.76 Å². The summed E-state index contributed by atoms with van der Waals surface area (Å²) in [6.07, 6.45) is 12.6. The van der Waals surface area contributed by atoms with Crippen LogP contribution in [0.4, 0.5) is 0 Å². The first kappa shape index (κ1) is 8.32. The van der Waals surface area contributed by atoms with Gasteiger partial charge in [-0.1, -0.05) is 12.2 Å². The second-order valence-corrected chi connectivity index (χ2v) is 3.32. The van der Waals surface area contributed by atoms with Crippen LogP contribution in [-0.4, -0.2) is 20.2 Å². The van der Waals surface area contributed by atoms with Crippen LogP contribution in [0.15, 0.2) is 47.9 Å². The number of allylic oxidation sites excluding steroid dienone is 3. The zero-order valence-corrected chi connectivity index (χ0v) is 7.95. The maximum atomic E-state index is 5.30. The summed E-state index contributed by atoms with van der Waals surface area (Å²) >= 11 is 0. The average molecular weight is 176 g/mol. The number of likely N-dealkylation sites (N-methyl/N-ethyl adjacent to an activating group) is 1. The summed E-state index contributed by atoms with van der Waals surface area (Å²) < 4.78 is 5.30. The number of rotatable bonds is 1. The first-order valence-corrected chi connectivity index (χ1v) is 4.47. The zero-order chi connectivity index (χ0) is 9.26. The summed E-state index contributed by atoms with van der Waals surface area (Å²) in [4.78, 5) is 1.37. The number of nitrogens with one attached hydrogen (secondary N) is 1. The van der Waals surface area contributed by atoms with Crippen molar-refractivity contribution in [1.82, 2.24) is 0 Å². The van der Waals surface area contributed by atoms with Crippen molar-refractivity contribution in [2.45, 2.75) is 6.04 Å². The fourth-order valence-electron chi connectivity index (χ4n) is 1.77. The number of hydrogen-bond acceptors (Lipinski definition) is 1. The smallest absolute Gasteiger partial charge is 0.140 e. The SMILES string of the molecule is COC1=C2C=CC=CC2[NH+](C)C=C1. The predicted octanol–water partition coefficient (Wildman–Crippen LogP) is 0.424. The van der Waals surface area contributed by atoms with E-state index in [1.54, 1.807) is 7.11 Å². The molecule has 2 unspecified atom stereocenters.